The fraction of sp³-hybridized carbons (Fsp3) is 0.405. The largest absolute Gasteiger partial charge is 0.375 e. The number of likely N-dealkylation sites (tertiary alicyclic amines) is 2. The van der Waals surface area contributed by atoms with Crippen molar-refractivity contribution in [1.82, 2.24) is 29.5 Å². The molecule has 6 rings (SSSR count). The van der Waals surface area contributed by atoms with E-state index >= 15 is 0 Å². The Morgan fingerprint density at radius 1 is 0.909 bits per heavy atom. The summed E-state index contributed by atoms with van der Waals surface area (Å²) in [5.41, 5.74) is 11.4. The molecule has 2 N–H and O–H groups in total. The van der Waals surface area contributed by atoms with Gasteiger partial charge in [-0.05, 0) is 101 Å². The number of aromatic nitrogens is 3. The van der Waals surface area contributed by atoms with Crippen molar-refractivity contribution in [1.29, 1.82) is 0 Å². The van der Waals surface area contributed by atoms with Crippen LogP contribution in [0.15, 0.2) is 73.8 Å². The van der Waals surface area contributed by atoms with Gasteiger partial charge in [-0.3, -0.25) is 4.40 Å². The number of hydrogen-bond acceptors (Lipinski definition) is 6. The van der Waals surface area contributed by atoms with Gasteiger partial charge in [0.25, 0.3) is 0 Å². The average molecular weight is 590 g/mol. The first kappa shape index (κ1) is 29.9. The number of benzene rings is 2. The molecule has 0 bridgehead atoms. The molecular formula is C37H47N7. The van der Waals surface area contributed by atoms with E-state index in [-0.39, 0.29) is 0 Å². The number of fused-ring (bicyclic) bond motifs is 1. The van der Waals surface area contributed by atoms with Crippen molar-refractivity contribution in [3.05, 3.63) is 96.1 Å². The van der Waals surface area contributed by atoms with Gasteiger partial charge in [0.05, 0.1) is 11.9 Å². The van der Waals surface area contributed by atoms with Gasteiger partial charge in [-0.15, -0.1) is 0 Å². The lowest BCUT2D eigenvalue weighted by molar-refractivity contribution is 0.175. The highest BCUT2D eigenvalue weighted by atomic mass is 15.2. The molecule has 7 nitrogen and oxygen atoms in total. The van der Waals surface area contributed by atoms with Crippen LogP contribution in [0.25, 0.3) is 22.6 Å². The summed E-state index contributed by atoms with van der Waals surface area (Å²) in [6.07, 6.45) is 10.6. The SMILES string of the molecule is C=C(c1ccc(Nc2nccn3c(-c4ccc(C)c(C)c4)cnc23)cc1C)N1CCC(C(=C)N2CCCC(CNC)C2)CC1. The van der Waals surface area contributed by atoms with Crippen LogP contribution in [0, 0.1) is 32.6 Å². The van der Waals surface area contributed by atoms with Gasteiger partial charge in [0.1, 0.15) is 0 Å². The van der Waals surface area contributed by atoms with Crippen LogP contribution in [0.4, 0.5) is 11.5 Å². The Bertz CT molecular complexity index is 1660. The van der Waals surface area contributed by atoms with Gasteiger partial charge < -0.3 is 20.4 Å². The van der Waals surface area contributed by atoms with Crippen molar-refractivity contribution in [3.8, 4) is 11.3 Å². The minimum absolute atomic E-state index is 0.563. The summed E-state index contributed by atoms with van der Waals surface area (Å²) in [5, 5.41) is 6.89. The monoisotopic (exact) mass is 589 g/mol. The molecule has 1 atom stereocenters. The van der Waals surface area contributed by atoms with Gasteiger partial charge in [0, 0.05) is 72.7 Å². The van der Waals surface area contributed by atoms with E-state index in [4.69, 9.17) is 4.98 Å². The van der Waals surface area contributed by atoms with Gasteiger partial charge in [-0.1, -0.05) is 31.4 Å². The van der Waals surface area contributed by atoms with Crippen molar-refractivity contribution < 1.29 is 0 Å². The van der Waals surface area contributed by atoms with E-state index in [9.17, 15) is 0 Å². The molecule has 0 spiro atoms. The smallest absolute Gasteiger partial charge is 0.180 e. The number of nitrogens with one attached hydrogen (secondary N) is 2. The molecule has 2 aromatic carbocycles. The lowest BCUT2D eigenvalue weighted by Gasteiger charge is -2.42. The Morgan fingerprint density at radius 3 is 2.48 bits per heavy atom. The molecule has 0 aliphatic carbocycles. The van der Waals surface area contributed by atoms with Gasteiger partial charge in [-0.25, -0.2) is 9.97 Å². The quantitative estimate of drug-likeness (QED) is 0.215. The Morgan fingerprint density at radius 2 is 1.73 bits per heavy atom. The molecule has 4 heterocycles. The third kappa shape index (κ3) is 6.11. The fourth-order valence-corrected chi connectivity index (χ4v) is 7.02. The van der Waals surface area contributed by atoms with Gasteiger partial charge in [0.15, 0.2) is 11.5 Å². The molecule has 0 radical (unpaired) electrons. The molecule has 0 saturated carbocycles. The molecule has 2 aliphatic heterocycles. The topological polar surface area (TPSA) is 60.7 Å². The molecule has 7 heteroatoms. The zero-order chi connectivity index (χ0) is 30.8. The fourth-order valence-electron chi connectivity index (χ4n) is 7.02. The molecule has 1 unspecified atom stereocenters. The third-order valence-corrected chi connectivity index (χ3v) is 9.80. The first-order chi connectivity index (χ1) is 21.3. The lowest BCUT2D eigenvalue weighted by Crippen LogP contribution is -2.42. The summed E-state index contributed by atoms with van der Waals surface area (Å²) in [4.78, 5) is 14.4. The summed E-state index contributed by atoms with van der Waals surface area (Å²) in [5.74, 6) is 2.03. The van der Waals surface area contributed by atoms with Crippen molar-refractivity contribution in [2.45, 2.75) is 46.5 Å². The second kappa shape index (κ2) is 12.9. The number of allylic oxidation sites excluding steroid dienone is 1. The number of piperidine rings is 2. The van der Waals surface area contributed by atoms with Crippen LogP contribution in [0.5, 0.6) is 0 Å². The standard InChI is InChI=1S/C37H47N7/c1-25-9-10-32(20-26(25)2)35-23-40-37-36(39-15-19-44(35)37)41-33-11-12-34(27(3)21-33)29(5)42-17-13-31(14-18-42)28(4)43-16-7-8-30(24-43)22-38-6/h9-12,15,19-21,23,30-31,38H,4-5,7-8,13-14,16-18,22,24H2,1-3,6H3,(H,39,41). The summed E-state index contributed by atoms with van der Waals surface area (Å²) in [7, 11) is 2.06. The number of anilines is 2. The van der Waals surface area contributed by atoms with Crippen molar-refractivity contribution in [2.75, 3.05) is 45.1 Å². The van der Waals surface area contributed by atoms with Crippen molar-refractivity contribution in [3.63, 3.8) is 0 Å². The maximum atomic E-state index is 4.74. The molecule has 4 aromatic rings. The number of rotatable bonds is 9. The van der Waals surface area contributed by atoms with E-state index in [0.29, 0.717) is 5.92 Å². The average Bonchev–Trinajstić information content (AvgIpc) is 3.47. The lowest BCUT2D eigenvalue weighted by atomic mass is 9.90. The molecule has 2 aromatic heterocycles. The van der Waals surface area contributed by atoms with E-state index in [2.05, 4.69) is 107 Å². The van der Waals surface area contributed by atoms with Crippen LogP contribution in [0.1, 0.15) is 47.9 Å². The van der Waals surface area contributed by atoms with Crippen molar-refractivity contribution >= 4 is 22.8 Å². The van der Waals surface area contributed by atoms with Crippen LogP contribution in [0.3, 0.4) is 0 Å². The van der Waals surface area contributed by atoms with Crippen molar-refractivity contribution in [2.24, 2.45) is 11.8 Å². The molecule has 44 heavy (non-hydrogen) atoms. The van der Waals surface area contributed by atoms with Crippen LogP contribution in [-0.4, -0.2) is 63.9 Å². The van der Waals surface area contributed by atoms with E-state index in [1.807, 2.05) is 18.6 Å². The Hall–Kier alpha value is -4.10. The summed E-state index contributed by atoms with van der Waals surface area (Å²) < 4.78 is 2.10. The highest BCUT2D eigenvalue weighted by Gasteiger charge is 2.28. The Balaban J connectivity index is 1.10. The number of nitrogens with zero attached hydrogens (tertiary/aromatic N) is 5. The molecule has 0 amide bonds. The maximum absolute atomic E-state index is 4.74. The summed E-state index contributed by atoms with van der Waals surface area (Å²) >= 11 is 0. The summed E-state index contributed by atoms with van der Waals surface area (Å²) in [6.45, 7) is 21.0. The minimum Gasteiger partial charge on any atom is -0.375 e. The highest BCUT2D eigenvalue weighted by molar-refractivity contribution is 5.76. The molecule has 2 fully saturated rings. The molecule has 2 aliphatic rings. The third-order valence-electron chi connectivity index (χ3n) is 9.80. The van der Waals surface area contributed by atoms with E-state index in [1.54, 1.807) is 0 Å². The van der Waals surface area contributed by atoms with Gasteiger partial charge in [-0.2, -0.15) is 0 Å². The van der Waals surface area contributed by atoms with Crippen LogP contribution < -0.4 is 10.6 Å². The predicted octanol–water partition coefficient (Wildman–Crippen LogP) is 7.19. The van der Waals surface area contributed by atoms with Crippen LogP contribution >= 0.6 is 0 Å². The van der Waals surface area contributed by atoms with E-state index in [1.165, 1.54) is 40.8 Å². The van der Waals surface area contributed by atoms with Crippen LogP contribution in [0.2, 0.25) is 0 Å². The van der Waals surface area contributed by atoms with Crippen LogP contribution in [-0.2, 0) is 0 Å². The number of imidazole rings is 1. The first-order valence-corrected chi connectivity index (χ1v) is 16.1. The molecular weight excluding hydrogens is 542 g/mol. The Labute approximate surface area is 262 Å². The zero-order valence-corrected chi connectivity index (χ0v) is 26.9. The molecule has 2 saturated heterocycles. The first-order valence-electron chi connectivity index (χ1n) is 16.1. The normalized spacial score (nSPS) is 17.7. The van der Waals surface area contributed by atoms with E-state index in [0.717, 1.165) is 85.6 Å². The minimum atomic E-state index is 0.563. The molecule has 230 valence electrons. The number of hydrogen-bond donors (Lipinski definition) is 2. The second-order valence-electron chi connectivity index (χ2n) is 12.8. The van der Waals surface area contributed by atoms with Gasteiger partial charge >= 0.3 is 0 Å². The van der Waals surface area contributed by atoms with E-state index < -0.39 is 0 Å². The highest BCUT2D eigenvalue weighted by Crippen LogP contribution is 2.34. The number of aryl methyl sites for hydroxylation is 3. The summed E-state index contributed by atoms with van der Waals surface area (Å²) in [6, 6.07) is 13.0. The maximum Gasteiger partial charge on any atom is 0.180 e. The van der Waals surface area contributed by atoms with Gasteiger partial charge in [0.2, 0.25) is 0 Å². The predicted molar refractivity (Wildman–Crippen MR) is 183 cm³/mol. The second-order valence-corrected chi connectivity index (χ2v) is 12.8. The zero-order valence-electron chi connectivity index (χ0n) is 26.9. The Kier molecular flexibility index (Phi) is 8.76.